The van der Waals surface area contributed by atoms with E-state index >= 15 is 0 Å². The molecule has 390 valence electrons. The van der Waals surface area contributed by atoms with Crippen LogP contribution >= 0.6 is 23.5 Å². The smallest absolute Gasteiger partial charge is 0.306 e. The molecule has 8 unspecified atom stereocenters. The highest BCUT2D eigenvalue weighted by molar-refractivity contribution is 7.46. The number of allylic oxidation sites excluding steroid dienone is 8. The highest BCUT2D eigenvalue weighted by atomic mass is 31.2. The first-order valence-electron chi connectivity index (χ1n) is 23.8. The minimum Gasteiger partial charge on any atom is -0.790 e. The van der Waals surface area contributed by atoms with E-state index in [2.05, 4.69) is 51.7 Å². The number of hydrogen-bond acceptors (Lipinski definition) is 19. The molecule has 1 saturated carbocycles. The van der Waals surface area contributed by atoms with Crippen LogP contribution in [0.1, 0.15) is 168 Å². The monoisotopic (exact) mass is 1010 g/mol. The summed E-state index contributed by atoms with van der Waals surface area (Å²) >= 11 is 0. The Balaban J connectivity index is 2.77. The van der Waals surface area contributed by atoms with Crippen LogP contribution in [0, 0.1) is 0 Å². The lowest BCUT2D eigenvalue weighted by Crippen LogP contribution is -2.65. The van der Waals surface area contributed by atoms with Gasteiger partial charge in [0.25, 0.3) is 7.82 Å². The molecule has 1 aliphatic carbocycles. The Morgan fingerprint density at radius 2 is 0.910 bits per heavy atom. The number of ether oxygens (including phenoxy) is 2. The van der Waals surface area contributed by atoms with Gasteiger partial charge in [0.15, 0.2) is 6.10 Å². The van der Waals surface area contributed by atoms with Crippen LogP contribution in [0.15, 0.2) is 48.6 Å². The summed E-state index contributed by atoms with van der Waals surface area (Å²) in [7, 11) is -18.0. The maximum atomic E-state index is 12.9. The molecule has 1 rings (SSSR count). The van der Waals surface area contributed by atoms with Gasteiger partial charge in [0.1, 0.15) is 43.2 Å². The minimum absolute atomic E-state index is 0.0411. The van der Waals surface area contributed by atoms with Crippen molar-refractivity contribution in [3.05, 3.63) is 48.6 Å². The van der Waals surface area contributed by atoms with E-state index in [0.29, 0.717) is 25.7 Å². The summed E-state index contributed by atoms with van der Waals surface area (Å²) in [6.45, 7) is 2.67. The fourth-order valence-electron chi connectivity index (χ4n) is 7.03. The van der Waals surface area contributed by atoms with Crippen molar-refractivity contribution in [3.8, 4) is 0 Å². The molecule has 0 radical (unpaired) electrons. The van der Waals surface area contributed by atoms with Crippen molar-refractivity contribution in [3.63, 3.8) is 0 Å². The molecule has 0 saturated heterocycles. The van der Waals surface area contributed by atoms with Crippen molar-refractivity contribution in [1.29, 1.82) is 0 Å². The molecule has 0 aromatic carbocycles. The predicted molar refractivity (Wildman–Crippen MR) is 241 cm³/mol. The van der Waals surface area contributed by atoms with Gasteiger partial charge in [-0.05, 0) is 44.9 Å². The molecular formula is C45H76O19P3-5. The van der Waals surface area contributed by atoms with Crippen molar-refractivity contribution in [1.82, 2.24) is 0 Å². The Bertz CT molecular complexity index is 1590. The van der Waals surface area contributed by atoms with E-state index in [1.165, 1.54) is 64.2 Å². The molecule has 0 aromatic rings. The van der Waals surface area contributed by atoms with Crippen LogP contribution in [-0.4, -0.2) is 83.2 Å². The molecule has 3 N–H and O–H groups in total. The summed E-state index contributed by atoms with van der Waals surface area (Å²) < 4.78 is 63.7. The number of rotatable bonds is 40. The summed E-state index contributed by atoms with van der Waals surface area (Å²) in [5.74, 6) is -1.44. The number of hydrogen-bond donors (Lipinski definition) is 3. The summed E-state index contributed by atoms with van der Waals surface area (Å²) in [6.07, 6.45) is 21.2. The Hall–Kier alpha value is -1.89. The van der Waals surface area contributed by atoms with Crippen molar-refractivity contribution in [2.75, 3.05) is 13.2 Å². The first kappa shape index (κ1) is 63.1. The van der Waals surface area contributed by atoms with Crippen LogP contribution in [0.25, 0.3) is 0 Å². The topological polar surface area (TPSA) is 317 Å². The molecule has 19 nitrogen and oxygen atoms in total. The highest BCUT2D eigenvalue weighted by Crippen LogP contribution is 2.46. The summed E-state index contributed by atoms with van der Waals surface area (Å²) in [4.78, 5) is 83.5. The zero-order chi connectivity index (χ0) is 50.0. The lowest BCUT2D eigenvalue weighted by molar-refractivity contribution is -0.366. The van der Waals surface area contributed by atoms with Crippen molar-refractivity contribution in [2.24, 2.45) is 0 Å². The van der Waals surface area contributed by atoms with Crippen LogP contribution in [0.5, 0.6) is 0 Å². The molecule has 0 aliphatic heterocycles. The van der Waals surface area contributed by atoms with Crippen LogP contribution in [0.3, 0.4) is 0 Å². The van der Waals surface area contributed by atoms with E-state index in [4.69, 9.17) is 14.0 Å². The Morgan fingerprint density at radius 3 is 1.39 bits per heavy atom. The Labute approximate surface area is 397 Å². The number of unbranched alkanes of at least 4 members (excludes halogenated alkanes) is 16. The zero-order valence-electron chi connectivity index (χ0n) is 39.3. The number of phosphoric acid groups is 3. The molecule has 0 heterocycles. The van der Waals surface area contributed by atoms with Gasteiger partial charge in [-0.2, -0.15) is 0 Å². The second-order valence-corrected chi connectivity index (χ2v) is 20.2. The van der Waals surface area contributed by atoms with E-state index < -0.39 is 91.3 Å². The first-order chi connectivity index (χ1) is 31.8. The Morgan fingerprint density at radius 1 is 0.493 bits per heavy atom. The normalized spacial score (nSPS) is 22.0. The molecular weight excluding hydrogens is 937 g/mol. The lowest BCUT2D eigenvalue weighted by atomic mass is 9.85. The third kappa shape index (κ3) is 33.4. The van der Waals surface area contributed by atoms with Gasteiger partial charge in [0.2, 0.25) is 0 Å². The van der Waals surface area contributed by atoms with E-state index in [-0.39, 0.29) is 12.8 Å². The van der Waals surface area contributed by atoms with E-state index in [1.807, 2.05) is 24.3 Å². The summed E-state index contributed by atoms with van der Waals surface area (Å²) in [5.41, 5.74) is 0. The van der Waals surface area contributed by atoms with Gasteiger partial charge >= 0.3 is 11.9 Å². The van der Waals surface area contributed by atoms with Crippen LogP contribution in [-0.2, 0) is 50.9 Å². The number of carbonyl (C=O) groups is 2. The van der Waals surface area contributed by atoms with E-state index in [1.54, 1.807) is 0 Å². The number of aliphatic hydroxyl groups excluding tert-OH is 3. The fraction of sp³-hybridized carbons (Fsp3) is 0.778. The second-order valence-electron chi connectivity index (χ2n) is 16.6. The van der Waals surface area contributed by atoms with Crippen molar-refractivity contribution >= 4 is 35.4 Å². The number of aliphatic hydroxyl groups is 3. The van der Waals surface area contributed by atoms with Crippen molar-refractivity contribution < 1.29 is 90.6 Å². The SMILES string of the molecule is CCC/C=C\C/C=C\C/C=C\C/C=C\CCCC(=O)OC(COC(=O)CCCCCCCCCCCCCCCCC)COP(=O)([O-])OC1C(O)C(O)C(OP(=O)([O-])[O-])C(OP(=O)([O-])[O-])C1O. The van der Waals surface area contributed by atoms with Crippen LogP contribution < -0.4 is 24.5 Å². The Kier molecular flexibility index (Phi) is 34.8. The second kappa shape index (κ2) is 37.0. The summed E-state index contributed by atoms with van der Waals surface area (Å²) in [5, 5.41) is 31.5. The zero-order valence-corrected chi connectivity index (χ0v) is 41.9. The molecule has 1 fully saturated rings. The van der Waals surface area contributed by atoms with Gasteiger partial charge in [-0.15, -0.1) is 0 Å². The maximum Gasteiger partial charge on any atom is 0.306 e. The minimum atomic E-state index is -6.16. The highest BCUT2D eigenvalue weighted by Gasteiger charge is 2.53. The first-order valence-corrected chi connectivity index (χ1v) is 28.2. The van der Waals surface area contributed by atoms with E-state index in [9.17, 15) is 63.1 Å². The molecule has 1 aliphatic rings. The molecule has 8 atom stereocenters. The van der Waals surface area contributed by atoms with Crippen molar-refractivity contribution in [2.45, 2.75) is 211 Å². The molecule has 0 spiro atoms. The third-order valence-electron chi connectivity index (χ3n) is 10.6. The molecule has 0 bridgehead atoms. The molecule has 0 amide bonds. The number of phosphoric ester groups is 3. The molecule has 67 heavy (non-hydrogen) atoms. The van der Waals surface area contributed by atoms with Gasteiger partial charge in [-0.1, -0.05) is 159 Å². The average molecular weight is 1010 g/mol. The fourth-order valence-corrected chi connectivity index (χ4v) is 9.07. The van der Waals surface area contributed by atoms with Crippen LogP contribution in [0.4, 0.5) is 0 Å². The number of esters is 2. The number of carbonyl (C=O) groups excluding carboxylic acids is 2. The van der Waals surface area contributed by atoms with Gasteiger partial charge in [0.05, 0.1) is 22.3 Å². The largest absolute Gasteiger partial charge is 0.790 e. The van der Waals surface area contributed by atoms with Gasteiger partial charge < -0.3 is 76.5 Å². The maximum absolute atomic E-state index is 12.9. The standard InChI is InChI=1S/C45H81O19P3/c1-3-5-7-9-11-13-15-17-19-21-23-25-27-29-31-33-38(46)59-35-37(61-39(47)34-32-30-28-26-24-22-20-18-16-14-12-10-8-6-4-2)36-60-67(57,58)64-43-40(48)41(49)44(62-65(51,52)53)45(42(43)50)63-66(54,55)56/h8,10,14,16,20,22,26,28,37,40-45,48-50H,3-7,9,11-13,15,17-19,21,23-25,27,29-36H2,1-2H3,(H,57,58)(H2,51,52,53)(H2,54,55,56)/p-5/b10-8-,16-14-,22-20-,28-26-. The quantitative estimate of drug-likeness (QED) is 0.0297. The van der Waals surface area contributed by atoms with Gasteiger partial charge in [0, 0.05) is 12.8 Å². The average Bonchev–Trinajstić information content (AvgIpc) is 3.25. The van der Waals surface area contributed by atoms with Gasteiger partial charge in [-0.3, -0.25) is 14.2 Å². The summed E-state index contributed by atoms with van der Waals surface area (Å²) in [6, 6.07) is 0. The van der Waals surface area contributed by atoms with Crippen LogP contribution in [0.2, 0.25) is 0 Å². The van der Waals surface area contributed by atoms with E-state index in [0.717, 1.165) is 51.4 Å². The lowest BCUT2D eigenvalue weighted by Gasteiger charge is -2.50. The predicted octanol–water partition coefficient (Wildman–Crippen LogP) is 5.46. The molecule has 22 heteroatoms. The van der Waals surface area contributed by atoms with Gasteiger partial charge in [-0.25, -0.2) is 0 Å². The molecule has 0 aromatic heterocycles. The third-order valence-corrected chi connectivity index (χ3v) is 12.6.